The Hall–Kier alpha value is -2.06. The molecule has 2 rings (SSSR count). The van der Waals surface area contributed by atoms with E-state index in [0.29, 0.717) is 6.61 Å². The van der Waals surface area contributed by atoms with Gasteiger partial charge < -0.3 is 9.64 Å². The average Bonchev–Trinajstić information content (AvgIpc) is 2.49. The molecule has 0 fully saturated rings. The zero-order chi connectivity index (χ0) is 15.9. The Labute approximate surface area is 134 Å². The largest absolute Gasteiger partial charge is 0.499 e. The van der Waals surface area contributed by atoms with Crippen LogP contribution in [0.3, 0.4) is 0 Å². The molecule has 0 atom stereocenters. The van der Waals surface area contributed by atoms with Crippen molar-refractivity contribution in [2.45, 2.75) is 13.8 Å². The van der Waals surface area contributed by atoms with Crippen LogP contribution >= 0.6 is 0 Å². The molecule has 2 aromatic carbocycles. The van der Waals surface area contributed by atoms with E-state index in [1.165, 1.54) is 22.3 Å². The molecule has 2 aromatic rings. The number of nitrogens with zero attached hydrogens (tertiary/aromatic N) is 1. The molecule has 2 heteroatoms. The highest BCUT2D eigenvalue weighted by atomic mass is 16.5. The molecule has 2 nitrogen and oxygen atoms in total. The van der Waals surface area contributed by atoms with Crippen molar-refractivity contribution in [3.8, 4) is 0 Å². The number of hydrogen-bond donors (Lipinski definition) is 0. The van der Waals surface area contributed by atoms with Crippen LogP contribution in [0.2, 0.25) is 0 Å². The molecule has 22 heavy (non-hydrogen) atoms. The van der Waals surface area contributed by atoms with Gasteiger partial charge in [0.1, 0.15) is 0 Å². The highest BCUT2D eigenvalue weighted by Crippen LogP contribution is 2.28. The van der Waals surface area contributed by atoms with E-state index in [1.54, 1.807) is 0 Å². The standard InChI is InChI=1S/C20H25NO/c1-16-9-5-7-11-18(16)20(15-22-14-13-21(3)4)19-12-8-6-10-17(19)2/h5-12,15H,13-14H2,1-4H3. The van der Waals surface area contributed by atoms with E-state index in [1.807, 2.05) is 6.26 Å². The summed E-state index contributed by atoms with van der Waals surface area (Å²) in [4.78, 5) is 2.12. The number of rotatable bonds is 6. The van der Waals surface area contributed by atoms with Crippen LogP contribution in [-0.4, -0.2) is 32.1 Å². The van der Waals surface area contributed by atoms with Gasteiger partial charge in [-0.2, -0.15) is 0 Å². The van der Waals surface area contributed by atoms with E-state index in [2.05, 4.69) is 81.4 Å². The molecule has 0 saturated carbocycles. The molecule has 0 bridgehead atoms. The molecule has 0 aromatic heterocycles. The van der Waals surface area contributed by atoms with Gasteiger partial charge in [0.05, 0.1) is 12.9 Å². The molecule has 0 aliphatic rings. The van der Waals surface area contributed by atoms with Crippen molar-refractivity contribution in [3.05, 3.63) is 77.0 Å². The van der Waals surface area contributed by atoms with Gasteiger partial charge in [0.2, 0.25) is 0 Å². The van der Waals surface area contributed by atoms with Crippen molar-refractivity contribution in [2.24, 2.45) is 0 Å². The van der Waals surface area contributed by atoms with E-state index in [-0.39, 0.29) is 0 Å². The Bertz CT molecular complexity index is 596. The van der Waals surface area contributed by atoms with Crippen molar-refractivity contribution in [1.29, 1.82) is 0 Å². The third kappa shape index (κ3) is 4.22. The second-order valence-corrected chi connectivity index (χ2v) is 5.84. The zero-order valence-electron chi connectivity index (χ0n) is 14.0. The smallest absolute Gasteiger partial charge is 0.1000 e. The van der Waals surface area contributed by atoms with Crippen molar-refractivity contribution >= 4 is 5.57 Å². The van der Waals surface area contributed by atoms with Gasteiger partial charge in [-0.1, -0.05) is 48.5 Å². The summed E-state index contributed by atoms with van der Waals surface area (Å²) in [6.07, 6.45) is 1.91. The maximum Gasteiger partial charge on any atom is 0.1000 e. The van der Waals surface area contributed by atoms with Crippen LogP contribution in [0.15, 0.2) is 54.8 Å². The predicted molar refractivity (Wildman–Crippen MR) is 93.9 cm³/mol. The van der Waals surface area contributed by atoms with E-state index < -0.39 is 0 Å². The number of hydrogen-bond acceptors (Lipinski definition) is 2. The molecule has 0 unspecified atom stereocenters. The van der Waals surface area contributed by atoms with Crippen molar-refractivity contribution in [1.82, 2.24) is 4.90 Å². The van der Waals surface area contributed by atoms with Crippen molar-refractivity contribution < 1.29 is 4.74 Å². The normalized spacial score (nSPS) is 10.6. The first-order chi connectivity index (χ1) is 10.6. The molecule has 0 radical (unpaired) electrons. The molecule has 0 spiro atoms. The number of likely N-dealkylation sites (N-methyl/N-ethyl adjacent to an activating group) is 1. The topological polar surface area (TPSA) is 12.5 Å². The SMILES string of the molecule is Cc1ccccc1C(=COCCN(C)C)c1ccccc1C. The lowest BCUT2D eigenvalue weighted by molar-refractivity contribution is 0.213. The van der Waals surface area contributed by atoms with E-state index >= 15 is 0 Å². The maximum atomic E-state index is 5.82. The molecule has 0 amide bonds. The maximum absolute atomic E-state index is 5.82. The van der Waals surface area contributed by atoms with Gasteiger partial charge in [-0.15, -0.1) is 0 Å². The molecular weight excluding hydrogens is 270 g/mol. The van der Waals surface area contributed by atoms with Crippen molar-refractivity contribution in [3.63, 3.8) is 0 Å². The van der Waals surface area contributed by atoms with Gasteiger partial charge in [-0.25, -0.2) is 0 Å². The van der Waals surface area contributed by atoms with Gasteiger partial charge >= 0.3 is 0 Å². The van der Waals surface area contributed by atoms with Crippen LogP contribution in [-0.2, 0) is 4.74 Å². The second-order valence-electron chi connectivity index (χ2n) is 5.84. The van der Waals surface area contributed by atoms with Gasteiger partial charge in [0, 0.05) is 12.1 Å². The van der Waals surface area contributed by atoms with E-state index in [9.17, 15) is 0 Å². The summed E-state index contributed by atoms with van der Waals surface area (Å²) in [6.45, 7) is 5.88. The Balaban J connectivity index is 2.35. The summed E-state index contributed by atoms with van der Waals surface area (Å²) in [5.74, 6) is 0. The lowest BCUT2D eigenvalue weighted by Gasteiger charge is -2.15. The molecule has 116 valence electrons. The highest BCUT2D eigenvalue weighted by Gasteiger charge is 2.10. The van der Waals surface area contributed by atoms with Gasteiger partial charge in [-0.05, 0) is 50.2 Å². The Morgan fingerprint density at radius 3 is 1.86 bits per heavy atom. The predicted octanol–water partition coefficient (Wildman–Crippen LogP) is 4.27. The quantitative estimate of drug-likeness (QED) is 0.583. The van der Waals surface area contributed by atoms with Gasteiger partial charge in [0.15, 0.2) is 0 Å². The van der Waals surface area contributed by atoms with Gasteiger partial charge in [0.25, 0.3) is 0 Å². The number of ether oxygens (including phenoxy) is 1. The van der Waals surface area contributed by atoms with Crippen LogP contribution in [0.25, 0.3) is 5.57 Å². The zero-order valence-corrected chi connectivity index (χ0v) is 14.0. The average molecular weight is 295 g/mol. The third-order valence-electron chi connectivity index (χ3n) is 3.73. The monoisotopic (exact) mass is 295 g/mol. The van der Waals surface area contributed by atoms with Crippen LogP contribution in [0.4, 0.5) is 0 Å². The summed E-state index contributed by atoms with van der Waals surface area (Å²) in [6, 6.07) is 16.9. The van der Waals surface area contributed by atoms with Gasteiger partial charge in [-0.3, -0.25) is 0 Å². The molecule has 0 heterocycles. The fourth-order valence-corrected chi connectivity index (χ4v) is 2.40. The lowest BCUT2D eigenvalue weighted by atomic mass is 9.93. The first kappa shape index (κ1) is 16.3. The summed E-state index contributed by atoms with van der Waals surface area (Å²) in [7, 11) is 4.10. The van der Waals surface area contributed by atoms with Crippen LogP contribution in [0, 0.1) is 13.8 Å². The molecule has 0 saturated heterocycles. The number of benzene rings is 2. The minimum Gasteiger partial charge on any atom is -0.499 e. The minimum atomic E-state index is 0.689. The fourth-order valence-electron chi connectivity index (χ4n) is 2.40. The highest BCUT2D eigenvalue weighted by molar-refractivity contribution is 5.82. The molecular formula is C20H25NO. The van der Waals surface area contributed by atoms with Crippen LogP contribution in [0.5, 0.6) is 0 Å². The summed E-state index contributed by atoms with van der Waals surface area (Å²) in [5.41, 5.74) is 6.11. The Morgan fingerprint density at radius 2 is 1.41 bits per heavy atom. The lowest BCUT2D eigenvalue weighted by Crippen LogP contribution is -2.17. The van der Waals surface area contributed by atoms with Crippen molar-refractivity contribution in [2.75, 3.05) is 27.2 Å². The first-order valence-corrected chi connectivity index (χ1v) is 7.68. The Morgan fingerprint density at radius 1 is 0.909 bits per heavy atom. The molecule has 0 aliphatic heterocycles. The fraction of sp³-hybridized carbons (Fsp3) is 0.300. The van der Waals surface area contributed by atoms with E-state index in [0.717, 1.165) is 12.1 Å². The molecule has 0 aliphatic carbocycles. The summed E-state index contributed by atoms with van der Waals surface area (Å²) >= 11 is 0. The second kappa shape index (κ2) is 7.81. The summed E-state index contributed by atoms with van der Waals surface area (Å²) in [5, 5.41) is 0. The summed E-state index contributed by atoms with van der Waals surface area (Å²) < 4.78 is 5.82. The minimum absolute atomic E-state index is 0.689. The Kier molecular flexibility index (Phi) is 5.79. The van der Waals surface area contributed by atoms with E-state index in [4.69, 9.17) is 4.74 Å². The number of aryl methyl sites for hydroxylation is 2. The first-order valence-electron chi connectivity index (χ1n) is 7.68. The van der Waals surface area contributed by atoms with Crippen LogP contribution < -0.4 is 0 Å². The molecule has 0 N–H and O–H groups in total. The third-order valence-corrected chi connectivity index (χ3v) is 3.73. The van der Waals surface area contributed by atoms with Crippen LogP contribution in [0.1, 0.15) is 22.3 Å².